The Balaban J connectivity index is 2.09. The molecular weight excluding hydrogens is 495 g/mol. The lowest BCUT2D eigenvalue weighted by Crippen LogP contribution is -2.43. The van der Waals surface area contributed by atoms with Crippen LogP contribution in [0.2, 0.25) is 5.02 Å². The summed E-state index contributed by atoms with van der Waals surface area (Å²) >= 11 is 6.26. The zero-order valence-corrected chi connectivity index (χ0v) is 22.6. The quantitative estimate of drug-likeness (QED) is 0.339. The number of nitrogens with two attached hydrogens (primary N) is 1. The van der Waals surface area contributed by atoms with E-state index >= 15 is 0 Å². The lowest BCUT2D eigenvalue weighted by Gasteiger charge is -2.35. The minimum Gasteiger partial charge on any atom is -0.383 e. The van der Waals surface area contributed by atoms with Crippen LogP contribution in [0.5, 0.6) is 0 Å². The van der Waals surface area contributed by atoms with Gasteiger partial charge in [-0.25, -0.2) is 9.37 Å². The van der Waals surface area contributed by atoms with Crippen molar-refractivity contribution in [1.82, 2.24) is 14.5 Å². The first kappa shape index (κ1) is 28.8. The molecule has 0 aliphatic carbocycles. The molecule has 7 nitrogen and oxygen atoms in total. The summed E-state index contributed by atoms with van der Waals surface area (Å²) in [4.78, 5) is 20.1. The van der Waals surface area contributed by atoms with Crippen LogP contribution in [0, 0.1) is 11.7 Å². The molecule has 0 bridgehead atoms. The minimum atomic E-state index is -0.376. The van der Waals surface area contributed by atoms with E-state index in [-0.39, 0.29) is 36.3 Å². The zero-order valence-electron chi connectivity index (χ0n) is 21.9. The molecule has 1 unspecified atom stereocenters. The van der Waals surface area contributed by atoms with E-state index in [1.165, 1.54) is 19.2 Å². The van der Waals surface area contributed by atoms with Gasteiger partial charge in [0.15, 0.2) is 0 Å². The van der Waals surface area contributed by atoms with E-state index in [0.29, 0.717) is 37.0 Å². The average Bonchev–Trinajstić information content (AvgIpc) is 3.24. The fourth-order valence-electron chi connectivity index (χ4n) is 4.44. The number of halogens is 2. The first-order valence-corrected chi connectivity index (χ1v) is 12.7. The molecule has 1 heterocycles. The molecule has 2 aromatic carbocycles. The number of methoxy groups -OCH3 is 2. The molecule has 9 heteroatoms. The van der Waals surface area contributed by atoms with E-state index in [9.17, 15) is 9.18 Å². The summed E-state index contributed by atoms with van der Waals surface area (Å²) in [5.41, 5.74) is 8.56. The maximum atomic E-state index is 14.0. The van der Waals surface area contributed by atoms with Gasteiger partial charge < -0.3 is 24.7 Å². The molecule has 2 atom stereocenters. The van der Waals surface area contributed by atoms with Crippen molar-refractivity contribution >= 4 is 17.5 Å². The van der Waals surface area contributed by atoms with Gasteiger partial charge in [0, 0.05) is 50.1 Å². The number of carbonyl (C=O) groups is 1. The second kappa shape index (κ2) is 13.7. The van der Waals surface area contributed by atoms with Crippen molar-refractivity contribution < 1.29 is 18.7 Å². The van der Waals surface area contributed by atoms with E-state index in [2.05, 4.69) is 0 Å². The van der Waals surface area contributed by atoms with Gasteiger partial charge in [0.05, 0.1) is 18.3 Å². The maximum absolute atomic E-state index is 14.0. The molecule has 0 radical (unpaired) electrons. The summed E-state index contributed by atoms with van der Waals surface area (Å²) < 4.78 is 26.4. The summed E-state index contributed by atoms with van der Waals surface area (Å²) in [7, 11) is 3.10. The lowest BCUT2D eigenvalue weighted by atomic mass is 10.00. The van der Waals surface area contributed by atoms with Gasteiger partial charge in [0.2, 0.25) is 5.91 Å². The average molecular weight is 531 g/mol. The summed E-state index contributed by atoms with van der Waals surface area (Å²) in [6, 6.07) is 13.3. The summed E-state index contributed by atoms with van der Waals surface area (Å²) in [6.45, 7) is 5.23. The Bertz CT molecular complexity index is 1170. The molecular formula is C28H36ClFN4O3. The first-order valence-electron chi connectivity index (χ1n) is 12.3. The molecule has 0 aliphatic rings. The molecule has 1 amide bonds. The third-order valence-electron chi connectivity index (χ3n) is 6.11. The largest absolute Gasteiger partial charge is 0.383 e. The van der Waals surface area contributed by atoms with Crippen molar-refractivity contribution in [2.45, 2.75) is 38.9 Å². The van der Waals surface area contributed by atoms with Gasteiger partial charge in [-0.15, -0.1) is 0 Å². The highest BCUT2D eigenvalue weighted by molar-refractivity contribution is 6.30. The molecule has 0 saturated heterocycles. The van der Waals surface area contributed by atoms with Crippen LogP contribution >= 0.6 is 11.6 Å². The molecule has 3 aromatic rings. The Morgan fingerprint density at radius 2 is 1.92 bits per heavy atom. The second-order valence-corrected chi connectivity index (χ2v) is 9.90. The van der Waals surface area contributed by atoms with Crippen LogP contribution in [0.1, 0.15) is 37.7 Å². The highest BCUT2D eigenvalue weighted by atomic mass is 35.5. The van der Waals surface area contributed by atoms with Crippen LogP contribution in [0.25, 0.3) is 11.3 Å². The van der Waals surface area contributed by atoms with E-state index in [4.69, 9.17) is 31.8 Å². The van der Waals surface area contributed by atoms with Crippen LogP contribution in [0.4, 0.5) is 4.39 Å². The standard InChI is InChI=1S/C28H36ClFN4O3/c1-19(2)27(34(26(35)18-37-4)12-11-24(31)17-36-3)28-32-25(21-8-6-9-22(29)14-21)16-33(28)15-20-7-5-10-23(30)13-20/h5-10,13-14,16,19,24,27H,11-12,15,17-18,31H2,1-4H3/t24?,27-/m1/s1. The number of benzene rings is 2. The summed E-state index contributed by atoms with van der Waals surface area (Å²) in [5.74, 6) is 0.244. The minimum absolute atomic E-state index is 0.0142. The Morgan fingerprint density at radius 3 is 2.57 bits per heavy atom. The van der Waals surface area contributed by atoms with E-state index < -0.39 is 0 Å². The van der Waals surface area contributed by atoms with Crippen molar-refractivity contribution in [2.24, 2.45) is 11.7 Å². The lowest BCUT2D eigenvalue weighted by molar-refractivity contribution is -0.139. The normalized spacial score (nSPS) is 13.1. The van der Waals surface area contributed by atoms with Gasteiger partial charge in [-0.2, -0.15) is 0 Å². The molecule has 1 aromatic heterocycles. The van der Waals surface area contributed by atoms with Gasteiger partial charge in [0.1, 0.15) is 18.2 Å². The van der Waals surface area contributed by atoms with Crippen LogP contribution in [-0.4, -0.2) is 60.4 Å². The van der Waals surface area contributed by atoms with Crippen LogP contribution < -0.4 is 5.73 Å². The number of amides is 1. The molecule has 2 N–H and O–H groups in total. The number of imidazole rings is 1. The van der Waals surface area contributed by atoms with Crippen LogP contribution in [0.3, 0.4) is 0 Å². The predicted molar refractivity (Wildman–Crippen MR) is 144 cm³/mol. The molecule has 37 heavy (non-hydrogen) atoms. The maximum Gasteiger partial charge on any atom is 0.249 e. The van der Waals surface area contributed by atoms with Crippen molar-refractivity contribution in [2.75, 3.05) is 34.0 Å². The molecule has 3 rings (SSSR count). The summed E-state index contributed by atoms with van der Waals surface area (Å²) in [6.07, 6.45) is 2.48. The smallest absolute Gasteiger partial charge is 0.249 e. The number of hydrogen-bond donors (Lipinski definition) is 1. The number of ether oxygens (including phenoxy) is 2. The van der Waals surface area contributed by atoms with Gasteiger partial charge in [-0.1, -0.05) is 49.7 Å². The topological polar surface area (TPSA) is 82.6 Å². The van der Waals surface area contributed by atoms with Crippen molar-refractivity contribution in [1.29, 1.82) is 0 Å². The summed E-state index contributed by atoms with van der Waals surface area (Å²) in [5, 5.41) is 0.600. The highest BCUT2D eigenvalue weighted by Crippen LogP contribution is 2.32. The van der Waals surface area contributed by atoms with Crippen molar-refractivity contribution in [3.63, 3.8) is 0 Å². The second-order valence-electron chi connectivity index (χ2n) is 9.47. The SMILES string of the molecule is COCC(=O)N(CCC(N)COC)[C@@H](c1nc(-c2cccc(Cl)c2)cn1Cc1cccc(F)c1)C(C)C. The fraction of sp³-hybridized carbons (Fsp3) is 0.429. The van der Waals surface area contributed by atoms with Crippen LogP contribution in [0.15, 0.2) is 54.7 Å². The molecule has 200 valence electrons. The van der Waals surface area contributed by atoms with E-state index in [1.807, 2.05) is 48.9 Å². The zero-order chi connectivity index (χ0) is 26.9. The van der Waals surface area contributed by atoms with Gasteiger partial charge in [-0.05, 0) is 42.2 Å². The van der Waals surface area contributed by atoms with Crippen molar-refractivity contribution in [3.8, 4) is 11.3 Å². The first-order chi connectivity index (χ1) is 17.7. The molecule has 0 saturated carbocycles. The van der Waals surface area contributed by atoms with Gasteiger partial charge in [0.25, 0.3) is 0 Å². The molecule has 0 aliphatic heterocycles. The fourth-order valence-corrected chi connectivity index (χ4v) is 4.63. The Kier molecular flexibility index (Phi) is 10.6. The Hall–Kier alpha value is -2.78. The van der Waals surface area contributed by atoms with Crippen LogP contribution in [-0.2, 0) is 20.8 Å². The number of nitrogens with zero attached hydrogens (tertiary/aromatic N) is 3. The molecule has 0 spiro atoms. The highest BCUT2D eigenvalue weighted by Gasteiger charge is 2.32. The number of aromatic nitrogens is 2. The third kappa shape index (κ3) is 7.85. The predicted octanol–water partition coefficient (Wildman–Crippen LogP) is 4.93. The Labute approximate surface area is 223 Å². The number of rotatable bonds is 13. The Morgan fingerprint density at radius 1 is 1.16 bits per heavy atom. The number of hydrogen-bond acceptors (Lipinski definition) is 5. The van der Waals surface area contributed by atoms with E-state index in [1.54, 1.807) is 24.1 Å². The van der Waals surface area contributed by atoms with E-state index in [0.717, 1.165) is 16.8 Å². The molecule has 0 fully saturated rings. The number of carbonyl (C=O) groups excluding carboxylic acids is 1. The monoisotopic (exact) mass is 530 g/mol. The van der Waals surface area contributed by atoms with Crippen molar-refractivity contribution in [3.05, 3.63) is 77.0 Å². The third-order valence-corrected chi connectivity index (χ3v) is 6.35. The van der Waals surface area contributed by atoms with Gasteiger partial charge in [-0.3, -0.25) is 4.79 Å². The van der Waals surface area contributed by atoms with Gasteiger partial charge >= 0.3 is 0 Å².